The summed E-state index contributed by atoms with van der Waals surface area (Å²) in [7, 11) is 15.3. The number of ether oxygens (including phenoxy) is 8. The lowest BCUT2D eigenvalue weighted by Crippen LogP contribution is -2.46. The van der Waals surface area contributed by atoms with E-state index in [4.69, 9.17) is 69.9 Å². The number of pyridine rings is 3. The average molecular weight is 2090 g/mol. The van der Waals surface area contributed by atoms with E-state index in [9.17, 15) is 64.7 Å². The minimum absolute atomic E-state index is 0.00873. The number of aromatic nitrogens is 11. The van der Waals surface area contributed by atoms with E-state index in [0.29, 0.717) is 114 Å². The molecule has 1 aliphatic carbocycles. The number of anilines is 5. The number of carbonyl (C=O) groups is 8. The number of amides is 4. The summed E-state index contributed by atoms with van der Waals surface area (Å²) in [5, 5.41) is 25.3. The van der Waals surface area contributed by atoms with Crippen molar-refractivity contribution in [1.82, 2.24) is 59.2 Å². The molecule has 0 bridgehead atoms. The van der Waals surface area contributed by atoms with Gasteiger partial charge >= 0.3 is 0 Å². The Balaban J connectivity index is 0.000000156. The van der Waals surface area contributed by atoms with Crippen molar-refractivity contribution in [1.29, 1.82) is 0 Å². The van der Waals surface area contributed by atoms with Crippen molar-refractivity contribution < 1.29 is 111 Å². The summed E-state index contributed by atoms with van der Waals surface area (Å²) in [5.74, 6) is -12.6. The number of likely N-dealkylation sites (N-methyl/N-ethyl adjacent to an activating group) is 1. The van der Waals surface area contributed by atoms with E-state index in [2.05, 4.69) is 105 Å². The molecule has 10 aromatic heterocycles. The summed E-state index contributed by atoms with van der Waals surface area (Å²) in [6.45, 7) is 20.9. The normalized spacial score (nSPS) is 12.0. The van der Waals surface area contributed by atoms with Crippen molar-refractivity contribution in [3.8, 4) is 46.0 Å². The fraction of sp³-hybridized carbons (Fsp3) is 0.212. The van der Waals surface area contributed by atoms with Gasteiger partial charge in [0.1, 0.15) is 39.5 Å². The topological polar surface area (TPSA) is 409 Å². The van der Waals surface area contributed by atoms with Gasteiger partial charge in [0.15, 0.2) is 97.9 Å². The van der Waals surface area contributed by atoms with Crippen molar-refractivity contribution in [2.45, 2.75) is 39.0 Å². The molecule has 2 aliphatic rings. The summed E-state index contributed by atoms with van der Waals surface area (Å²) in [5.41, 5.74) is 7.95. The SMILES string of the molecule is C=CC(=O)Nc1cc(N2CCN(CC)CC2)ccc1Cc1ncc2oc(C(=O)c3c(Cl)c(OC)cc(OC)c3Cl)cc2n1.C=CC(=O)Nc1cn(C)nc1Cc1cc2c(cn1)CC(C(=O)c1c(F)c(OC)cc(OC)c1F)=C2.C=CC(=O)Nc1cn(C)nc1Cc1cc2cc(C(=O)c3c(F)c(OC)cc(OC)c3F)oc2cn1.C=CC(=O)Nc1cn(C)nc1Cc1cc2cc(C(=O)c3c(F)c(OC)cc(OC)c3F)sc2cn1. The number of nitrogens with one attached hydrogen (secondary N) is 4. The molecule has 5 aromatic carbocycles. The van der Waals surface area contributed by atoms with E-state index in [0.717, 1.165) is 97.3 Å². The highest BCUT2D eigenvalue weighted by Crippen LogP contribution is 2.44. The Hall–Kier alpha value is -17.1. The molecule has 35 nitrogen and oxygen atoms in total. The lowest BCUT2D eigenvalue weighted by molar-refractivity contribution is -0.112. The van der Waals surface area contributed by atoms with Crippen molar-refractivity contribution in [3.63, 3.8) is 0 Å². The third-order valence-electron chi connectivity index (χ3n) is 23.4. The van der Waals surface area contributed by atoms with Crippen molar-refractivity contribution in [3.05, 3.63) is 319 Å². The van der Waals surface area contributed by atoms with Gasteiger partial charge in [-0.2, -0.15) is 15.3 Å². The maximum absolute atomic E-state index is 14.8. The number of furan rings is 2. The van der Waals surface area contributed by atoms with Gasteiger partial charge in [0.2, 0.25) is 41.0 Å². The van der Waals surface area contributed by atoms with Gasteiger partial charge in [0, 0.05) is 180 Å². The Morgan fingerprint density at radius 1 is 0.439 bits per heavy atom. The number of benzene rings is 5. The number of ketones is 4. The van der Waals surface area contributed by atoms with Crippen LogP contribution in [0.1, 0.15) is 121 Å². The van der Waals surface area contributed by atoms with Crippen LogP contribution in [-0.2, 0) is 72.4 Å². The monoisotopic (exact) mass is 2080 g/mol. The number of hydrogen-bond acceptors (Lipinski definition) is 29. The molecule has 1 fully saturated rings. The number of methoxy groups -OCH3 is 8. The number of piperazine rings is 1. The highest BCUT2D eigenvalue weighted by Gasteiger charge is 2.35. The molecule has 17 rings (SSSR count). The molecule has 1 aliphatic heterocycles. The Labute approximate surface area is 854 Å². The van der Waals surface area contributed by atoms with Crippen LogP contribution >= 0.6 is 34.5 Å². The van der Waals surface area contributed by atoms with Crippen LogP contribution in [0.15, 0.2) is 187 Å². The molecule has 0 saturated carbocycles. The second-order valence-electron chi connectivity index (χ2n) is 32.7. The van der Waals surface area contributed by atoms with Crippen LogP contribution in [0.4, 0.5) is 54.8 Å². The molecule has 1 saturated heterocycles. The molecule has 15 aromatic rings. The Morgan fingerprint density at radius 3 is 1.31 bits per heavy atom. The first-order chi connectivity index (χ1) is 71.0. The predicted molar refractivity (Wildman–Crippen MR) is 541 cm³/mol. The van der Waals surface area contributed by atoms with Crippen LogP contribution in [-0.4, -0.2) is 196 Å². The lowest BCUT2D eigenvalue weighted by Gasteiger charge is -2.35. The number of Topliss-reactive ketones (excluding diaryl/α,β-unsaturated/α-hetero) is 1. The largest absolute Gasteiger partial charge is 0.495 e. The third kappa shape index (κ3) is 23.4. The van der Waals surface area contributed by atoms with Gasteiger partial charge in [-0.3, -0.25) is 67.4 Å². The van der Waals surface area contributed by atoms with Crippen molar-refractivity contribution in [2.75, 3.05) is 116 Å². The van der Waals surface area contributed by atoms with Crippen LogP contribution in [0.3, 0.4) is 0 Å². The summed E-state index contributed by atoms with van der Waals surface area (Å²) >= 11 is 13.9. The van der Waals surface area contributed by atoms with Gasteiger partial charge in [0.25, 0.3) is 0 Å². The smallest absolute Gasteiger partial charge is 0.247 e. The summed E-state index contributed by atoms with van der Waals surface area (Å²) in [4.78, 5) is 127. The molecular weight excluding hydrogens is 1990 g/mol. The van der Waals surface area contributed by atoms with Crippen LogP contribution in [0.5, 0.6) is 46.0 Å². The average Bonchev–Trinajstić information content (AvgIpc) is 1.73. The Bertz CT molecular complexity index is 7520. The van der Waals surface area contributed by atoms with E-state index in [-0.39, 0.29) is 126 Å². The second-order valence-corrected chi connectivity index (χ2v) is 34.5. The molecule has 148 heavy (non-hydrogen) atoms. The maximum atomic E-state index is 14.8. The standard InChI is InChI=1S/C31H31Cl2N5O5.C25H22F2N4O4.C24H20F2N4O5.C24H20F2N4O4S/c1-5-27(39)36-20-14-19(38-11-9-37(6-2)10-12-38)8-7-18(20)13-26-34-17-25-21(35-26)15-24(43-25)31(40)28-29(32)22(41-3)16-23(42-4)30(28)33;1-5-21(32)29-18-12-31(2)30-17(18)9-16-8-13-6-14(7-15(13)11-28-16)25(33)22-23(26)19(34-3)10-20(35-4)24(22)27;2*1-5-20(31)28-15-11-30(2)29-14(15)8-13-6-12-7-18(35-19(12)10-27-13)24(32)21-22(25)16(33-3)9-17(34-4)23(21)26/h5,7-8,14-17H,1,6,9-13H2,2-4H3,(H,36,39);5-6,8,10-12H,1,7,9H2,2-4H3,(H,29,32);2*5-7,9-11H,1,8H2,2-4H3,(H,28,31). The van der Waals surface area contributed by atoms with Gasteiger partial charge in [-0.05, 0) is 101 Å². The quantitative estimate of drug-likeness (QED) is 0.0165. The zero-order valence-electron chi connectivity index (χ0n) is 81.4. The fourth-order valence-corrected chi connectivity index (χ4v) is 17.6. The molecule has 0 atom stereocenters. The highest BCUT2D eigenvalue weighted by atomic mass is 35.5. The van der Waals surface area contributed by atoms with Crippen molar-refractivity contribution in [2.24, 2.45) is 21.1 Å². The van der Waals surface area contributed by atoms with E-state index in [1.807, 2.05) is 18.2 Å². The number of fused-ring (bicyclic) bond motifs is 4. The fourth-order valence-electron chi connectivity index (χ4n) is 15.9. The minimum atomic E-state index is -1.17. The van der Waals surface area contributed by atoms with Crippen LogP contribution in [0.2, 0.25) is 10.0 Å². The first-order valence-electron chi connectivity index (χ1n) is 44.7. The number of rotatable bonds is 34. The number of thiophene rings is 1. The highest BCUT2D eigenvalue weighted by molar-refractivity contribution is 7.21. The molecule has 0 radical (unpaired) electrons. The Kier molecular flexibility index (Phi) is 33.7. The number of hydrogen-bond donors (Lipinski definition) is 4. The molecule has 4 amide bonds. The number of nitrogens with zero attached hydrogens (tertiary/aromatic N) is 13. The molecule has 0 unspecified atom stereocenters. The van der Waals surface area contributed by atoms with Crippen LogP contribution < -0.4 is 64.1 Å². The van der Waals surface area contributed by atoms with Crippen LogP contribution in [0, 0.1) is 34.9 Å². The first kappa shape index (κ1) is 107. The number of allylic oxidation sites excluding steroid dienone is 1. The Morgan fingerprint density at radius 2 is 0.845 bits per heavy atom. The van der Waals surface area contributed by atoms with Crippen molar-refractivity contribution >= 4 is 148 Å². The summed E-state index contributed by atoms with van der Waals surface area (Å²) in [6.07, 6.45) is 18.8. The van der Waals surface area contributed by atoms with Gasteiger partial charge in [-0.1, -0.05) is 62.5 Å². The second kappa shape index (κ2) is 46.7. The molecule has 44 heteroatoms. The zero-order valence-corrected chi connectivity index (χ0v) is 83.8. The van der Waals surface area contributed by atoms with E-state index in [1.165, 1.54) is 93.5 Å². The zero-order chi connectivity index (χ0) is 106. The molecule has 11 heterocycles. The summed E-state index contributed by atoms with van der Waals surface area (Å²) in [6, 6.07) is 20.2. The van der Waals surface area contributed by atoms with Gasteiger partial charge in [-0.15, -0.1) is 11.3 Å². The van der Waals surface area contributed by atoms with E-state index >= 15 is 0 Å². The maximum Gasteiger partial charge on any atom is 0.247 e. The van der Waals surface area contributed by atoms with Gasteiger partial charge < -0.3 is 77.8 Å². The predicted octanol–water partition coefficient (Wildman–Crippen LogP) is 17.4. The van der Waals surface area contributed by atoms with Crippen LogP contribution in [0.25, 0.3) is 38.2 Å². The molecule has 764 valence electrons. The van der Waals surface area contributed by atoms with Gasteiger partial charge in [-0.25, -0.2) is 36.3 Å². The number of aryl methyl sites for hydroxylation is 3. The lowest BCUT2D eigenvalue weighted by atomic mass is 10.00. The number of carbonyl (C=O) groups excluding carboxylic acids is 8. The minimum Gasteiger partial charge on any atom is -0.495 e. The molecule has 0 spiro atoms. The van der Waals surface area contributed by atoms with Gasteiger partial charge in [0.05, 0.1) is 129 Å². The van der Waals surface area contributed by atoms with E-state index < -0.39 is 74.7 Å². The molecular formula is C104H93Cl2F6N17O18S. The first-order valence-corrected chi connectivity index (χ1v) is 46.3. The third-order valence-corrected chi connectivity index (χ3v) is 25.2. The van der Waals surface area contributed by atoms with E-state index in [1.54, 1.807) is 96.5 Å². The summed E-state index contributed by atoms with van der Waals surface area (Å²) < 4.78 is 145. The molecule has 4 N–H and O–H groups in total. The number of halogens is 8.